The van der Waals surface area contributed by atoms with Gasteiger partial charge >= 0.3 is 0 Å². The van der Waals surface area contributed by atoms with E-state index in [-0.39, 0.29) is 30.0 Å². The number of carbonyl (C=O) groups is 2. The zero-order valence-corrected chi connectivity index (χ0v) is 17.8. The minimum atomic E-state index is -0.342. The predicted molar refractivity (Wildman–Crippen MR) is 121 cm³/mol. The Kier molecular flexibility index (Phi) is 8.08. The molecule has 0 saturated heterocycles. The summed E-state index contributed by atoms with van der Waals surface area (Å²) in [5.41, 5.74) is 1.29. The van der Waals surface area contributed by atoms with Crippen molar-refractivity contribution in [3.63, 3.8) is 0 Å². The van der Waals surface area contributed by atoms with Crippen LogP contribution in [0, 0.1) is 11.3 Å². The van der Waals surface area contributed by atoms with Crippen molar-refractivity contribution in [2.75, 3.05) is 11.9 Å². The van der Waals surface area contributed by atoms with Gasteiger partial charge in [-0.25, -0.2) is 0 Å². The molecule has 2 N–H and O–H groups in total. The van der Waals surface area contributed by atoms with E-state index in [2.05, 4.69) is 10.6 Å². The van der Waals surface area contributed by atoms with Crippen LogP contribution in [0.1, 0.15) is 37.7 Å². The van der Waals surface area contributed by atoms with Crippen LogP contribution in [0.4, 0.5) is 5.69 Å². The second-order valence-electron chi connectivity index (χ2n) is 7.36. The first-order valence-electron chi connectivity index (χ1n) is 10.2. The van der Waals surface area contributed by atoms with Crippen LogP contribution in [0.15, 0.2) is 54.1 Å². The average Bonchev–Trinajstić information content (AvgIpc) is 2.79. The summed E-state index contributed by atoms with van der Waals surface area (Å²) in [5, 5.41) is 15.5. The molecular weight excluding hydrogens is 414 g/mol. The van der Waals surface area contributed by atoms with Gasteiger partial charge in [0.1, 0.15) is 17.4 Å². The number of para-hydroxylation sites is 1. The Balaban J connectivity index is 1.53. The van der Waals surface area contributed by atoms with Gasteiger partial charge in [-0.15, -0.1) is 0 Å². The zero-order valence-electron chi connectivity index (χ0n) is 17.1. The third-order valence-electron chi connectivity index (χ3n) is 5.01. The number of amides is 2. The first kappa shape index (κ1) is 22.4. The fraction of sp³-hybridized carbons (Fsp3) is 0.292. The highest BCUT2D eigenvalue weighted by Gasteiger charge is 2.18. The maximum absolute atomic E-state index is 12.4. The molecule has 7 heteroatoms. The van der Waals surface area contributed by atoms with E-state index in [9.17, 15) is 14.9 Å². The molecule has 2 amide bonds. The summed E-state index contributed by atoms with van der Waals surface area (Å²) in [7, 11) is 0. The van der Waals surface area contributed by atoms with Crippen molar-refractivity contribution in [2.45, 2.75) is 38.1 Å². The van der Waals surface area contributed by atoms with Crippen molar-refractivity contribution in [1.82, 2.24) is 5.32 Å². The number of carbonyl (C=O) groups excluding carboxylic acids is 2. The van der Waals surface area contributed by atoms with Gasteiger partial charge in [0, 0.05) is 6.04 Å². The molecule has 1 fully saturated rings. The summed E-state index contributed by atoms with van der Waals surface area (Å²) < 4.78 is 5.49. The minimum Gasteiger partial charge on any atom is -0.484 e. The maximum Gasteiger partial charge on any atom is 0.262 e. The van der Waals surface area contributed by atoms with Gasteiger partial charge in [-0.3, -0.25) is 9.59 Å². The molecule has 1 aliphatic carbocycles. The molecule has 2 aromatic carbocycles. The predicted octanol–water partition coefficient (Wildman–Crippen LogP) is 4.71. The van der Waals surface area contributed by atoms with Gasteiger partial charge in [-0.05, 0) is 48.7 Å². The van der Waals surface area contributed by atoms with Crippen LogP contribution in [-0.4, -0.2) is 24.5 Å². The molecule has 1 saturated carbocycles. The number of hydrogen-bond donors (Lipinski definition) is 2. The van der Waals surface area contributed by atoms with Crippen LogP contribution >= 0.6 is 11.6 Å². The highest BCUT2D eigenvalue weighted by Crippen LogP contribution is 2.21. The Bertz CT molecular complexity index is 990. The molecule has 31 heavy (non-hydrogen) atoms. The Hall–Kier alpha value is -3.30. The molecule has 0 aliphatic heterocycles. The monoisotopic (exact) mass is 437 g/mol. The lowest BCUT2D eigenvalue weighted by Gasteiger charge is -2.22. The fourth-order valence-corrected chi connectivity index (χ4v) is 3.57. The highest BCUT2D eigenvalue weighted by atomic mass is 35.5. The summed E-state index contributed by atoms with van der Waals surface area (Å²) in [6.45, 7) is -0.173. The Labute approximate surface area is 186 Å². The summed E-state index contributed by atoms with van der Waals surface area (Å²) in [6.07, 6.45) is 6.87. The third kappa shape index (κ3) is 6.87. The maximum atomic E-state index is 12.4. The molecule has 0 aromatic heterocycles. The van der Waals surface area contributed by atoms with Crippen LogP contribution in [-0.2, 0) is 9.59 Å². The number of halogens is 1. The number of ether oxygens (including phenoxy) is 1. The molecule has 160 valence electrons. The van der Waals surface area contributed by atoms with Crippen molar-refractivity contribution >= 4 is 35.2 Å². The Morgan fingerprint density at radius 3 is 2.48 bits per heavy atom. The fourth-order valence-electron chi connectivity index (χ4n) is 3.38. The molecule has 0 atom stereocenters. The number of hydrogen-bond acceptors (Lipinski definition) is 4. The van der Waals surface area contributed by atoms with Gasteiger partial charge in [0.05, 0.1) is 10.7 Å². The number of rotatable bonds is 7. The van der Waals surface area contributed by atoms with Crippen molar-refractivity contribution < 1.29 is 14.3 Å². The molecule has 1 aliphatic rings. The number of nitrogens with one attached hydrogen (secondary N) is 2. The van der Waals surface area contributed by atoms with Crippen LogP contribution in [0.25, 0.3) is 6.08 Å². The number of anilines is 1. The third-order valence-corrected chi connectivity index (χ3v) is 5.34. The lowest BCUT2D eigenvalue weighted by atomic mass is 9.95. The van der Waals surface area contributed by atoms with E-state index in [1.165, 1.54) is 6.42 Å². The normalized spacial score (nSPS) is 14.4. The summed E-state index contributed by atoms with van der Waals surface area (Å²) in [4.78, 5) is 24.4. The van der Waals surface area contributed by atoms with Crippen molar-refractivity contribution in [2.24, 2.45) is 0 Å². The van der Waals surface area contributed by atoms with E-state index in [0.29, 0.717) is 22.0 Å². The average molecular weight is 438 g/mol. The van der Waals surface area contributed by atoms with E-state index in [1.807, 2.05) is 6.07 Å². The molecule has 3 rings (SSSR count). The molecule has 0 radical (unpaired) electrons. The van der Waals surface area contributed by atoms with Crippen LogP contribution < -0.4 is 15.4 Å². The summed E-state index contributed by atoms with van der Waals surface area (Å²) >= 11 is 6.02. The largest absolute Gasteiger partial charge is 0.484 e. The minimum absolute atomic E-state index is 0.0679. The number of nitrogens with zero attached hydrogens (tertiary/aromatic N) is 1. The molecule has 0 heterocycles. The van der Waals surface area contributed by atoms with Gasteiger partial charge in [0.25, 0.3) is 11.8 Å². The summed E-state index contributed by atoms with van der Waals surface area (Å²) in [5.74, 6) is -0.175. The Morgan fingerprint density at radius 1 is 1.10 bits per heavy atom. The van der Waals surface area contributed by atoms with Crippen LogP contribution in [0.3, 0.4) is 0 Å². The van der Waals surface area contributed by atoms with E-state index >= 15 is 0 Å². The van der Waals surface area contributed by atoms with Crippen molar-refractivity contribution in [3.8, 4) is 11.8 Å². The summed E-state index contributed by atoms with van der Waals surface area (Å²) in [6, 6.07) is 15.9. The lowest BCUT2D eigenvalue weighted by molar-refractivity contribution is -0.118. The first-order chi connectivity index (χ1) is 15.0. The SMILES string of the molecule is N#C/C(=C\c1ccc(OCC(=O)Nc2ccccc2Cl)cc1)C(=O)NC1CCCCC1. The second-order valence-corrected chi connectivity index (χ2v) is 7.77. The first-order valence-corrected chi connectivity index (χ1v) is 10.6. The lowest BCUT2D eigenvalue weighted by Crippen LogP contribution is -2.36. The topological polar surface area (TPSA) is 91.2 Å². The highest BCUT2D eigenvalue weighted by molar-refractivity contribution is 6.33. The molecular formula is C24H24ClN3O3. The molecule has 0 spiro atoms. The smallest absolute Gasteiger partial charge is 0.262 e. The molecule has 0 unspecified atom stereocenters. The van der Waals surface area contributed by atoms with Gasteiger partial charge in [0.15, 0.2) is 6.61 Å². The molecule has 6 nitrogen and oxygen atoms in total. The van der Waals surface area contributed by atoms with E-state index in [4.69, 9.17) is 16.3 Å². The molecule has 0 bridgehead atoms. The van der Waals surface area contributed by atoms with E-state index < -0.39 is 0 Å². The van der Waals surface area contributed by atoms with Crippen molar-refractivity contribution in [3.05, 3.63) is 64.7 Å². The van der Waals surface area contributed by atoms with Crippen LogP contribution in [0.5, 0.6) is 5.75 Å². The van der Waals surface area contributed by atoms with Crippen molar-refractivity contribution in [1.29, 1.82) is 5.26 Å². The van der Waals surface area contributed by atoms with E-state index in [0.717, 1.165) is 25.7 Å². The zero-order chi connectivity index (χ0) is 22.1. The Morgan fingerprint density at radius 2 is 1.81 bits per heavy atom. The van der Waals surface area contributed by atoms with Gasteiger partial charge < -0.3 is 15.4 Å². The quantitative estimate of drug-likeness (QED) is 0.484. The van der Waals surface area contributed by atoms with Gasteiger partial charge in [-0.2, -0.15) is 5.26 Å². The molecule has 2 aromatic rings. The van der Waals surface area contributed by atoms with E-state index in [1.54, 1.807) is 54.6 Å². The van der Waals surface area contributed by atoms with Gasteiger partial charge in [0.2, 0.25) is 0 Å². The second kappa shape index (κ2) is 11.2. The standard InChI is InChI=1S/C24H24ClN3O3/c25-21-8-4-5-9-22(21)28-23(29)16-31-20-12-10-17(11-13-20)14-18(15-26)24(30)27-19-6-2-1-3-7-19/h4-5,8-14,19H,1-3,6-7,16H2,(H,27,30)(H,28,29)/b18-14+. The van der Waals surface area contributed by atoms with Gasteiger partial charge in [-0.1, -0.05) is 55.1 Å². The van der Waals surface area contributed by atoms with Crippen LogP contribution in [0.2, 0.25) is 5.02 Å². The number of benzene rings is 2. The number of nitriles is 1.